The van der Waals surface area contributed by atoms with Crippen molar-refractivity contribution < 1.29 is 4.79 Å². The van der Waals surface area contributed by atoms with Crippen molar-refractivity contribution in [2.24, 2.45) is 0 Å². The third kappa shape index (κ3) is 4.60. The maximum Gasteiger partial charge on any atom is 0.230 e. The number of thioether (sulfide) groups is 1. The summed E-state index contributed by atoms with van der Waals surface area (Å²) >= 11 is 1.63. The van der Waals surface area contributed by atoms with E-state index in [0.717, 1.165) is 16.9 Å². The number of carbonyl (C=O) groups is 1. The number of benzene rings is 1. The summed E-state index contributed by atoms with van der Waals surface area (Å²) in [5, 5.41) is 3.12. The van der Waals surface area contributed by atoms with E-state index >= 15 is 0 Å². The van der Waals surface area contributed by atoms with E-state index < -0.39 is 0 Å². The Balaban J connectivity index is 2.22. The lowest BCUT2D eigenvalue weighted by Gasteiger charge is -2.20. The van der Waals surface area contributed by atoms with Crippen molar-refractivity contribution in [1.29, 1.82) is 0 Å². The van der Waals surface area contributed by atoms with Gasteiger partial charge in [0.2, 0.25) is 5.91 Å². The SMILES string of the molecule is CCSCC(=O)NC(c1ccncc1)c1ccc(C)cc1. The van der Waals surface area contributed by atoms with Crippen molar-refractivity contribution in [3.8, 4) is 0 Å². The Bertz CT molecular complexity index is 569. The Morgan fingerprint density at radius 3 is 2.38 bits per heavy atom. The zero-order valence-corrected chi connectivity index (χ0v) is 13.2. The van der Waals surface area contributed by atoms with Gasteiger partial charge in [0.15, 0.2) is 0 Å². The lowest BCUT2D eigenvalue weighted by atomic mass is 9.98. The summed E-state index contributed by atoms with van der Waals surface area (Å²) in [5.74, 6) is 1.49. The molecule has 0 saturated heterocycles. The highest BCUT2D eigenvalue weighted by atomic mass is 32.2. The molecular weight excluding hydrogens is 280 g/mol. The van der Waals surface area contributed by atoms with Crippen LogP contribution in [0.15, 0.2) is 48.8 Å². The first-order valence-electron chi connectivity index (χ1n) is 7.04. The summed E-state index contributed by atoms with van der Waals surface area (Å²) in [5.41, 5.74) is 3.34. The Morgan fingerprint density at radius 2 is 1.76 bits per heavy atom. The van der Waals surface area contributed by atoms with Gasteiger partial charge in [-0.15, -0.1) is 0 Å². The van der Waals surface area contributed by atoms with Gasteiger partial charge in [-0.05, 0) is 35.9 Å². The van der Waals surface area contributed by atoms with Gasteiger partial charge in [0.1, 0.15) is 0 Å². The minimum Gasteiger partial charge on any atom is -0.344 e. The van der Waals surface area contributed by atoms with Crippen molar-refractivity contribution in [2.45, 2.75) is 19.9 Å². The van der Waals surface area contributed by atoms with Crippen molar-refractivity contribution in [2.75, 3.05) is 11.5 Å². The first-order valence-corrected chi connectivity index (χ1v) is 8.19. The Kier molecular flexibility index (Phi) is 5.81. The normalized spacial score (nSPS) is 11.9. The molecule has 0 aliphatic carbocycles. The molecule has 0 bridgehead atoms. The first-order chi connectivity index (χ1) is 10.2. The molecule has 1 N–H and O–H groups in total. The number of pyridine rings is 1. The molecule has 0 radical (unpaired) electrons. The first kappa shape index (κ1) is 15.6. The van der Waals surface area contributed by atoms with E-state index in [2.05, 4.69) is 48.4 Å². The standard InChI is InChI=1S/C17H20N2OS/c1-3-21-12-16(20)19-17(15-8-10-18-11-9-15)14-6-4-13(2)5-7-14/h4-11,17H,3,12H2,1-2H3,(H,19,20). The van der Waals surface area contributed by atoms with Crippen LogP contribution >= 0.6 is 11.8 Å². The number of amides is 1. The Hall–Kier alpha value is -1.81. The zero-order chi connectivity index (χ0) is 15.1. The average Bonchev–Trinajstić information content (AvgIpc) is 2.52. The van der Waals surface area contributed by atoms with Crippen molar-refractivity contribution in [3.63, 3.8) is 0 Å². The van der Waals surface area contributed by atoms with Gasteiger partial charge in [0.25, 0.3) is 0 Å². The topological polar surface area (TPSA) is 42.0 Å². The maximum absolute atomic E-state index is 12.1. The smallest absolute Gasteiger partial charge is 0.230 e. The molecule has 2 aromatic rings. The third-order valence-corrected chi connectivity index (χ3v) is 4.07. The fourth-order valence-corrected chi connectivity index (χ4v) is 2.54. The zero-order valence-electron chi connectivity index (χ0n) is 12.4. The van der Waals surface area contributed by atoms with Gasteiger partial charge in [-0.3, -0.25) is 9.78 Å². The predicted molar refractivity (Wildman–Crippen MR) is 88.4 cm³/mol. The number of hydrogen-bond acceptors (Lipinski definition) is 3. The van der Waals surface area contributed by atoms with E-state index in [1.165, 1.54) is 5.56 Å². The minimum atomic E-state index is -0.126. The van der Waals surface area contributed by atoms with E-state index in [9.17, 15) is 4.79 Å². The maximum atomic E-state index is 12.1. The summed E-state index contributed by atoms with van der Waals surface area (Å²) in [6.45, 7) is 4.11. The molecule has 0 saturated carbocycles. The molecule has 3 nitrogen and oxygen atoms in total. The highest BCUT2D eigenvalue weighted by Crippen LogP contribution is 2.22. The Morgan fingerprint density at radius 1 is 1.14 bits per heavy atom. The molecule has 21 heavy (non-hydrogen) atoms. The van der Waals surface area contributed by atoms with Gasteiger partial charge in [-0.2, -0.15) is 11.8 Å². The van der Waals surface area contributed by atoms with Crippen LogP contribution in [0.1, 0.15) is 29.7 Å². The summed E-state index contributed by atoms with van der Waals surface area (Å²) in [6, 6.07) is 12.0. The van der Waals surface area contributed by atoms with Crippen LogP contribution in [0.5, 0.6) is 0 Å². The van der Waals surface area contributed by atoms with E-state index in [1.807, 2.05) is 12.1 Å². The molecule has 1 aromatic heterocycles. The number of nitrogens with one attached hydrogen (secondary N) is 1. The number of carbonyl (C=O) groups excluding carboxylic acids is 1. The lowest BCUT2D eigenvalue weighted by Crippen LogP contribution is -2.30. The highest BCUT2D eigenvalue weighted by Gasteiger charge is 2.16. The minimum absolute atomic E-state index is 0.0595. The number of aromatic nitrogens is 1. The summed E-state index contributed by atoms with van der Waals surface area (Å²) < 4.78 is 0. The van der Waals surface area contributed by atoms with Gasteiger partial charge in [0.05, 0.1) is 11.8 Å². The van der Waals surface area contributed by atoms with E-state index in [1.54, 1.807) is 24.2 Å². The monoisotopic (exact) mass is 300 g/mol. The van der Waals surface area contributed by atoms with Crippen molar-refractivity contribution in [1.82, 2.24) is 10.3 Å². The van der Waals surface area contributed by atoms with Gasteiger partial charge < -0.3 is 5.32 Å². The molecule has 1 atom stereocenters. The fourth-order valence-electron chi connectivity index (χ4n) is 2.07. The van der Waals surface area contributed by atoms with Crippen LogP contribution in [0.4, 0.5) is 0 Å². The molecule has 1 heterocycles. The van der Waals surface area contributed by atoms with Crippen LogP contribution in [0.25, 0.3) is 0 Å². The summed E-state index contributed by atoms with van der Waals surface area (Å²) in [6.07, 6.45) is 3.51. The van der Waals surface area contributed by atoms with Crippen LogP contribution in [-0.4, -0.2) is 22.4 Å². The largest absolute Gasteiger partial charge is 0.344 e. The van der Waals surface area contributed by atoms with E-state index in [-0.39, 0.29) is 11.9 Å². The summed E-state index contributed by atoms with van der Waals surface area (Å²) in [4.78, 5) is 16.1. The molecule has 4 heteroatoms. The van der Waals surface area contributed by atoms with Crippen LogP contribution in [-0.2, 0) is 4.79 Å². The second-order valence-electron chi connectivity index (χ2n) is 4.83. The van der Waals surface area contributed by atoms with Crippen LogP contribution in [0.3, 0.4) is 0 Å². The predicted octanol–water partition coefficient (Wildman–Crippen LogP) is 3.35. The quantitative estimate of drug-likeness (QED) is 0.889. The molecule has 0 aliphatic heterocycles. The van der Waals surface area contributed by atoms with Crippen LogP contribution in [0, 0.1) is 6.92 Å². The number of aryl methyl sites for hydroxylation is 1. The van der Waals surface area contributed by atoms with Crippen LogP contribution < -0.4 is 5.32 Å². The van der Waals surface area contributed by atoms with Gasteiger partial charge >= 0.3 is 0 Å². The molecule has 1 unspecified atom stereocenters. The molecule has 0 aliphatic rings. The van der Waals surface area contributed by atoms with Crippen molar-refractivity contribution in [3.05, 3.63) is 65.5 Å². The second kappa shape index (κ2) is 7.84. The number of hydrogen-bond donors (Lipinski definition) is 1. The number of nitrogens with zero attached hydrogens (tertiary/aromatic N) is 1. The van der Waals surface area contributed by atoms with E-state index in [4.69, 9.17) is 0 Å². The fraction of sp³-hybridized carbons (Fsp3) is 0.294. The van der Waals surface area contributed by atoms with Gasteiger partial charge in [-0.1, -0.05) is 36.8 Å². The van der Waals surface area contributed by atoms with Crippen LogP contribution in [0.2, 0.25) is 0 Å². The van der Waals surface area contributed by atoms with E-state index in [0.29, 0.717) is 5.75 Å². The summed E-state index contributed by atoms with van der Waals surface area (Å²) in [7, 11) is 0. The lowest BCUT2D eigenvalue weighted by molar-refractivity contribution is -0.119. The molecule has 0 spiro atoms. The molecule has 2 rings (SSSR count). The highest BCUT2D eigenvalue weighted by molar-refractivity contribution is 7.99. The van der Waals surface area contributed by atoms with Gasteiger partial charge in [0, 0.05) is 12.4 Å². The molecule has 1 amide bonds. The Labute approximate surface area is 130 Å². The van der Waals surface area contributed by atoms with Gasteiger partial charge in [-0.25, -0.2) is 0 Å². The molecule has 1 aromatic carbocycles. The molecule has 0 fully saturated rings. The average molecular weight is 300 g/mol. The second-order valence-corrected chi connectivity index (χ2v) is 6.10. The van der Waals surface area contributed by atoms with Crippen molar-refractivity contribution >= 4 is 17.7 Å². The third-order valence-electron chi connectivity index (χ3n) is 3.19. The molecular formula is C17H20N2OS. The molecule has 110 valence electrons. The number of rotatable bonds is 6.